The number of nitrogens with one attached hydrogen (secondary N) is 2. The van der Waals surface area contributed by atoms with E-state index in [-0.39, 0.29) is 0 Å². The van der Waals surface area contributed by atoms with Crippen LogP contribution < -0.4 is 5.32 Å². The summed E-state index contributed by atoms with van der Waals surface area (Å²) in [5.41, 5.74) is 5.79. The van der Waals surface area contributed by atoms with Gasteiger partial charge in [-0.25, -0.2) is 4.98 Å². The zero-order valence-corrected chi connectivity index (χ0v) is 10.5. The minimum Gasteiger partial charge on any atom is -0.385 e. The Morgan fingerprint density at radius 2 is 2.00 bits per heavy atom. The summed E-state index contributed by atoms with van der Waals surface area (Å²) < 4.78 is 0. The lowest BCUT2D eigenvalue weighted by Crippen LogP contribution is -2.11. The summed E-state index contributed by atoms with van der Waals surface area (Å²) in [6, 6.07) is 8.30. The average Bonchev–Trinajstić information content (AvgIpc) is 2.88. The van der Waals surface area contributed by atoms with Gasteiger partial charge < -0.3 is 10.3 Å². The van der Waals surface area contributed by atoms with Crippen LogP contribution in [0.1, 0.15) is 12.0 Å². The van der Waals surface area contributed by atoms with Crippen LogP contribution in [0.3, 0.4) is 0 Å². The van der Waals surface area contributed by atoms with Crippen molar-refractivity contribution in [3.63, 3.8) is 0 Å². The third-order valence-electron chi connectivity index (χ3n) is 3.60. The van der Waals surface area contributed by atoms with Crippen LogP contribution in [0.4, 0.5) is 5.69 Å². The Bertz CT molecular complexity index is 687. The molecule has 0 fully saturated rings. The molecular formula is C15H14N4. The van der Waals surface area contributed by atoms with Crippen LogP contribution in [0, 0.1) is 0 Å². The number of hydrogen-bond acceptors (Lipinski definition) is 3. The van der Waals surface area contributed by atoms with Crippen LogP contribution in [-0.2, 0) is 6.42 Å². The van der Waals surface area contributed by atoms with Crippen LogP contribution in [-0.4, -0.2) is 21.5 Å². The number of pyridine rings is 1. The van der Waals surface area contributed by atoms with E-state index in [0.29, 0.717) is 0 Å². The van der Waals surface area contributed by atoms with E-state index in [1.54, 1.807) is 12.4 Å². The maximum atomic E-state index is 4.67. The van der Waals surface area contributed by atoms with Crippen molar-refractivity contribution in [2.75, 3.05) is 11.9 Å². The zero-order chi connectivity index (χ0) is 12.7. The van der Waals surface area contributed by atoms with Gasteiger partial charge in [0.05, 0.1) is 11.0 Å². The molecule has 94 valence electrons. The number of imidazole rings is 1. The minimum absolute atomic E-state index is 0.903. The standard InChI is InChI=1S/C15H14N4/c1-2-11-8-13-14(9-12(11)17-5-1)19-15(18-13)10-3-6-16-7-4-10/h3-4,6-9,17H,1-2,5H2,(H,18,19). The van der Waals surface area contributed by atoms with Gasteiger partial charge in [-0.05, 0) is 42.7 Å². The number of fused-ring (bicyclic) bond motifs is 2. The molecule has 0 bridgehead atoms. The summed E-state index contributed by atoms with van der Waals surface area (Å²) in [6.45, 7) is 1.06. The second-order valence-electron chi connectivity index (χ2n) is 4.88. The van der Waals surface area contributed by atoms with Gasteiger partial charge in [0.15, 0.2) is 0 Å². The summed E-state index contributed by atoms with van der Waals surface area (Å²) in [4.78, 5) is 12.1. The molecule has 0 unspecified atom stereocenters. The molecule has 4 heteroatoms. The van der Waals surface area contributed by atoms with Gasteiger partial charge in [-0.15, -0.1) is 0 Å². The molecule has 0 radical (unpaired) electrons. The number of rotatable bonds is 1. The predicted molar refractivity (Wildman–Crippen MR) is 76.1 cm³/mol. The Morgan fingerprint density at radius 3 is 2.89 bits per heavy atom. The largest absolute Gasteiger partial charge is 0.385 e. The molecule has 0 saturated heterocycles. The van der Waals surface area contributed by atoms with Crippen molar-refractivity contribution in [3.05, 3.63) is 42.2 Å². The van der Waals surface area contributed by atoms with Crippen molar-refractivity contribution in [1.29, 1.82) is 0 Å². The molecule has 0 spiro atoms. The Labute approximate surface area is 110 Å². The third kappa shape index (κ3) is 1.76. The minimum atomic E-state index is 0.903. The number of hydrogen-bond donors (Lipinski definition) is 2. The maximum absolute atomic E-state index is 4.67. The fourth-order valence-corrected chi connectivity index (χ4v) is 2.62. The molecule has 2 aromatic heterocycles. The number of nitrogens with zero attached hydrogens (tertiary/aromatic N) is 2. The highest BCUT2D eigenvalue weighted by atomic mass is 14.9. The molecule has 0 aliphatic carbocycles. The number of aryl methyl sites for hydroxylation is 1. The lowest BCUT2D eigenvalue weighted by molar-refractivity contribution is 0.831. The molecule has 1 aliphatic rings. The number of anilines is 1. The van der Waals surface area contributed by atoms with E-state index in [0.717, 1.165) is 35.4 Å². The van der Waals surface area contributed by atoms with Crippen LogP contribution in [0.25, 0.3) is 22.4 Å². The van der Waals surface area contributed by atoms with Crippen LogP contribution in [0.2, 0.25) is 0 Å². The van der Waals surface area contributed by atoms with Crippen molar-refractivity contribution < 1.29 is 0 Å². The Morgan fingerprint density at radius 1 is 1.11 bits per heavy atom. The molecular weight excluding hydrogens is 236 g/mol. The van der Waals surface area contributed by atoms with E-state index in [4.69, 9.17) is 0 Å². The molecule has 3 aromatic rings. The first-order valence-corrected chi connectivity index (χ1v) is 6.57. The molecule has 1 aromatic carbocycles. The van der Waals surface area contributed by atoms with E-state index in [1.165, 1.54) is 17.7 Å². The van der Waals surface area contributed by atoms with E-state index in [9.17, 15) is 0 Å². The second kappa shape index (κ2) is 4.09. The molecule has 0 saturated carbocycles. The molecule has 4 nitrogen and oxygen atoms in total. The van der Waals surface area contributed by atoms with Gasteiger partial charge in [0.25, 0.3) is 0 Å². The number of aromatic nitrogens is 3. The first-order chi connectivity index (χ1) is 9.40. The highest BCUT2D eigenvalue weighted by Gasteiger charge is 2.12. The van der Waals surface area contributed by atoms with Gasteiger partial charge in [-0.3, -0.25) is 4.98 Å². The first-order valence-electron chi connectivity index (χ1n) is 6.57. The lowest BCUT2D eigenvalue weighted by atomic mass is 10.0. The maximum Gasteiger partial charge on any atom is 0.138 e. The van der Waals surface area contributed by atoms with Gasteiger partial charge in [-0.1, -0.05) is 0 Å². The summed E-state index contributed by atoms with van der Waals surface area (Å²) in [5.74, 6) is 0.903. The predicted octanol–water partition coefficient (Wildman–Crippen LogP) is 2.98. The number of H-pyrrole nitrogens is 1. The highest BCUT2D eigenvalue weighted by molar-refractivity contribution is 5.84. The smallest absolute Gasteiger partial charge is 0.138 e. The van der Waals surface area contributed by atoms with Gasteiger partial charge in [0, 0.05) is 30.2 Å². The van der Waals surface area contributed by atoms with Crippen LogP contribution >= 0.6 is 0 Å². The van der Waals surface area contributed by atoms with E-state index >= 15 is 0 Å². The van der Waals surface area contributed by atoms with Crippen LogP contribution in [0.5, 0.6) is 0 Å². The van der Waals surface area contributed by atoms with Gasteiger partial charge in [0.1, 0.15) is 5.82 Å². The zero-order valence-electron chi connectivity index (χ0n) is 10.5. The molecule has 3 heterocycles. The van der Waals surface area contributed by atoms with E-state index < -0.39 is 0 Å². The van der Waals surface area contributed by atoms with Gasteiger partial charge in [0.2, 0.25) is 0 Å². The molecule has 2 N–H and O–H groups in total. The summed E-state index contributed by atoms with van der Waals surface area (Å²) in [7, 11) is 0. The van der Waals surface area contributed by atoms with Crippen molar-refractivity contribution in [3.8, 4) is 11.4 Å². The SMILES string of the molecule is c1cc(-c2nc3cc4c(cc3[nH]2)CCCN4)ccn1. The van der Waals surface area contributed by atoms with Crippen molar-refractivity contribution in [2.24, 2.45) is 0 Å². The van der Waals surface area contributed by atoms with E-state index in [1.807, 2.05) is 12.1 Å². The van der Waals surface area contributed by atoms with Crippen molar-refractivity contribution in [1.82, 2.24) is 15.0 Å². The summed E-state index contributed by atoms with van der Waals surface area (Å²) >= 11 is 0. The molecule has 1 aliphatic heterocycles. The fraction of sp³-hybridized carbons (Fsp3) is 0.200. The first kappa shape index (κ1) is 10.6. The number of aromatic amines is 1. The molecule has 0 amide bonds. The fourth-order valence-electron chi connectivity index (χ4n) is 2.62. The monoisotopic (exact) mass is 250 g/mol. The summed E-state index contributed by atoms with van der Waals surface area (Å²) in [6.07, 6.45) is 5.91. The van der Waals surface area contributed by atoms with Crippen molar-refractivity contribution >= 4 is 16.7 Å². The number of benzene rings is 1. The molecule has 0 atom stereocenters. The third-order valence-corrected chi connectivity index (χ3v) is 3.60. The second-order valence-corrected chi connectivity index (χ2v) is 4.88. The highest BCUT2D eigenvalue weighted by Crippen LogP contribution is 2.28. The normalized spacial score (nSPS) is 14.1. The van der Waals surface area contributed by atoms with Crippen LogP contribution in [0.15, 0.2) is 36.7 Å². The van der Waals surface area contributed by atoms with Crippen molar-refractivity contribution in [2.45, 2.75) is 12.8 Å². The van der Waals surface area contributed by atoms with E-state index in [2.05, 4.69) is 32.4 Å². The summed E-state index contributed by atoms with van der Waals surface area (Å²) in [5, 5.41) is 3.44. The lowest BCUT2D eigenvalue weighted by Gasteiger charge is -2.17. The average molecular weight is 250 g/mol. The molecule has 4 rings (SSSR count). The molecule has 19 heavy (non-hydrogen) atoms. The Kier molecular flexibility index (Phi) is 2.27. The Balaban J connectivity index is 1.87. The quantitative estimate of drug-likeness (QED) is 0.698. The Hall–Kier alpha value is -2.36. The van der Waals surface area contributed by atoms with Gasteiger partial charge in [-0.2, -0.15) is 0 Å². The topological polar surface area (TPSA) is 53.6 Å². The van der Waals surface area contributed by atoms with Gasteiger partial charge >= 0.3 is 0 Å².